The number of rotatable bonds is 2. The Morgan fingerprint density at radius 3 is 2.59 bits per heavy atom. The third kappa shape index (κ3) is 1.79. The molecular formula is C17H13N3O2. The summed E-state index contributed by atoms with van der Waals surface area (Å²) in [6, 6.07) is 15.0. The van der Waals surface area contributed by atoms with Crippen molar-refractivity contribution in [3.05, 3.63) is 65.1 Å². The zero-order chi connectivity index (χ0) is 15.1. The van der Waals surface area contributed by atoms with E-state index in [2.05, 4.69) is 10.1 Å². The van der Waals surface area contributed by atoms with Crippen LogP contribution in [-0.4, -0.2) is 21.9 Å². The topological polar surface area (TPSA) is 59.9 Å². The van der Waals surface area contributed by atoms with E-state index in [1.165, 1.54) is 4.68 Å². The smallest absolute Gasteiger partial charge is 0.295 e. The molecule has 2 aromatic carbocycles. The van der Waals surface area contributed by atoms with Crippen LogP contribution in [0.4, 0.5) is 0 Å². The summed E-state index contributed by atoms with van der Waals surface area (Å²) < 4.78 is 6.52. The van der Waals surface area contributed by atoms with E-state index >= 15 is 0 Å². The van der Waals surface area contributed by atoms with Gasteiger partial charge in [-0.3, -0.25) is 4.79 Å². The van der Waals surface area contributed by atoms with Crippen molar-refractivity contribution in [2.45, 2.75) is 0 Å². The number of aromatic amines is 1. The summed E-state index contributed by atoms with van der Waals surface area (Å²) in [4.78, 5) is 15.9. The first kappa shape index (κ1) is 12.6. The molecular weight excluding hydrogens is 278 g/mol. The lowest BCUT2D eigenvalue weighted by molar-refractivity contribution is 0.414. The molecule has 0 spiro atoms. The molecule has 4 rings (SSSR count). The van der Waals surface area contributed by atoms with Gasteiger partial charge in [0.25, 0.3) is 5.56 Å². The largest absolute Gasteiger partial charge is 0.497 e. The highest BCUT2D eigenvalue weighted by Gasteiger charge is 2.11. The van der Waals surface area contributed by atoms with Gasteiger partial charge in [0, 0.05) is 16.3 Å². The number of hydrogen-bond acceptors (Lipinski definition) is 3. The fourth-order valence-electron chi connectivity index (χ4n) is 2.65. The van der Waals surface area contributed by atoms with Crippen LogP contribution in [0.25, 0.3) is 27.5 Å². The number of aromatic nitrogens is 3. The van der Waals surface area contributed by atoms with Crippen molar-refractivity contribution < 1.29 is 4.74 Å². The summed E-state index contributed by atoms with van der Waals surface area (Å²) in [7, 11) is 1.61. The van der Waals surface area contributed by atoms with Crippen LogP contribution in [0.5, 0.6) is 5.75 Å². The summed E-state index contributed by atoms with van der Waals surface area (Å²) >= 11 is 0. The molecule has 0 aliphatic heterocycles. The monoisotopic (exact) mass is 291 g/mol. The van der Waals surface area contributed by atoms with Crippen molar-refractivity contribution in [3.8, 4) is 11.4 Å². The van der Waals surface area contributed by atoms with E-state index in [-0.39, 0.29) is 5.56 Å². The number of hydrogen-bond donors (Lipinski definition) is 1. The first-order chi connectivity index (χ1) is 10.8. The zero-order valence-corrected chi connectivity index (χ0v) is 11.9. The van der Waals surface area contributed by atoms with Gasteiger partial charge >= 0.3 is 0 Å². The van der Waals surface area contributed by atoms with Gasteiger partial charge in [0.1, 0.15) is 11.3 Å². The third-order valence-electron chi connectivity index (χ3n) is 3.77. The van der Waals surface area contributed by atoms with Crippen LogP contribution in [-0.2, 0) is 0 Å². The maximum atomic E-state index is 12.7. The molecule has 0 aliphatic carbocycles. The highest BCUT2D eigenvalue weighted by Crippen LogP contribution is 2.22. The molecule has 5 nitrogen and oxygen atoms in total. The van der Waals surface area contributed by atoms with Crippen molar-refractivity contribution in [1.82, 2.24) is 14.8 Å². The van der Waals surface area contributed by atoms with E-state index in [0.29, 0.717) is 11.2 Å². The predicted octanol–water partition coefficient (Wildman–Crippen LogP) is 2.88. The lowest BCUT2D eigenvalue weighted by Gasteiger charge is -2.05. The van der Waals surface area contributed by atoms with Crippen LogP contribution >= 0.6 is 0 Å². The van der Waals surface area contributed by atoms with Gasteiger partial charge in [0.2, 0.25) is 0 Å². The lowest BCUT2D eigenvalue weighted by Crippen LogP contribution is -2.20. The molecule has 22 heavy (non-hydrogen) atoms. The molecule has 0 saturated heterocycles. The van der Waals surface area contributed by atoms with Crippen LogP contribution in [0.1, 0.15) is 0 Å². The van der Waals surface area contributed by atoms with Gasteiger partial charge in [-0.1, -0.05) is 18.2 Å². The van der Waals surface area contributed by atoms with Gasteiger partial charge in [0.05, 0.1) is 19.0 Å². The number of methoxy groups -OCH3 is 1. The summed E-state index contributed by atoms with van der Waals surface area (Å²) in [5.74, 6) is 0.739. The Bertz CT molecular complexity index is 1030. The Kier molecular flexibility index (Phi) is 2.72. The number of nitrogens with one attached hydrogen (secondary N) is 1. The Morgan fingerprint density at radius 1 is 1.05 bits per heavy atom. The molecule has 0 aliphatic rings. The minimum atomic E-state index is -0.168. The second-order valence-electron chi connectivity index (χ2n) is 5.02. The van der Waals surface area contributed by atoms with Gasteiger partial charge in [-0.15, -0.1) is 0 Å². The number of ether oxygens (including phenoxy) is 1. The highest BCUT2D eigenvalue weighted by molar-refractivity contribution is 6.06. The van der Waals surface area contributed by atoms with Crippen LogP contribution in [0.2, 0.25) is 0 Å². The minimum Gasteiger partial charge on any atom is -0.497 e. The first-order valence-corrected chi connectivity index (χ1v) is 6.91. The molecule has 0 unspecified atom stereocenters. The summed E-state index contributed by atoms with van der Waals surface area (Å²) in [6.07, 6.45) is 1.72. The van der Waals surface area contributed by atoms with Crippen molar-refractivity contribution in [1.29, 1.82) is 0 Å². The van der Waals surface area contributed by atoms with Crippen molar-refractivity contribution in [2.75, 3.05) is 7.11 Å². The Balaban J connectivity index is 1.97. The summed E-state index contributed by atoms with van der Waals surface area (Å²) in [5.41, 5.74) is 2.03. The van der Waals surface area contributed by atoms with Crippen LogP contribution < -0.4 is 10.3 Å². The van der Waals surface area contributed by atoms with Crippen molar-refractivity contribution in [3.63, 3.8) is 0 Å². The number of H-pyrrole nitrogens is 1. The molecule has 4 aromatic rings. The number of para-hydroxylation sites is 1. The SMILES string of the molecule is COc1ccc(-n2ncc3c([nH]c4ccccc43)c2=O)cc1. The number of benzene rings is 2. The molecule has 2 aromatic heterocycles. The molecule has 0 radical (unpaired) electrons. The number of nitrogens with zero attached hydrogens (tertiary/aromatic N) is 2. The fourth-order valence-corrected chi connectivity index (χ4v) is 2.65. The van der Waals surface area contributed by atoms with Crippen LogP contribution in [0.15, 0.2) is 59.5 Å². The van der Waals surface area contributed by atoms with Crippen molar-refractivity contribution in [2.24, 2.45) is 0 Å². The molecule has 0 fully saturated rings. The second kappa shape index (κ2) is 4.73. The normalized spacial score (nSPS) is 11.1. The fraction of sp³-hybridized carbons (Fsp3) is 0.0588. The van der Waals surface area contributed by atoms with Gasteiger partial charge in [-0.2, -0.15) is 9.78 Å². The van der Waals surface area contributed by atoms with E-state index < -0.39 is 0 Å². The maximum absolute atomic E-state index is 12.7. The third-order valence-corrected chi connectivity index (χ3v) is 3.77. The summed E-state index contributed by atoms with van der Waals surface area (Å²) in [5, 5.41) is 6.14. The van der Waals surface area contributed by atoms with E-state index in [1.54, 1.807) is 25.4 Å². The molecule has 108 valence electrons. The predicted molar refractivity (Wildman–Crippen MR) is 85.7 cm³/mol. The molecule has 1 N–H and O–H groups in total. The molecule has 0 atom stereocenters. The van der Waals surface area contributed by atoms with Crippen LogP contribution in [0.3, 0.4) is 0 Å². The van der Waals surface area contributed by atoms with Gasteiger partial charge < -0.3 is 9.72 Å². The Labute approximate surface area is 125 Å². The molecule has 0 saturated carbocycles. The molecule has 0 amide bonds. The quantitative estimate of drug-likeness (QED) is 0.618. The second-order valence-corrected chi connectivity index (χ2v) is 5.02. The van der Waals surface area contributed by atoms with Gasteiger partial charge in [0.15, 0.2) is 0 Å². The average molecular weight is 291 g/mol. The summed E-state index contributed by atoms with van der Waals surface area (Å²) in [6.45, 7) is 0. The number of fused-ring (bicyclic) bond motifs is 3. The van der Waals surface area contributed by atoms with E-state index in [1.807, 2.05) is 36.4 Å². The Hall–Kier alpha value is -3.08. The van der Waals surface area contributed by atoms with Gasteiger partial charge in [-0.05, 0) is 30.3 Å². The standard InChI is InChI=1S/C17H13N3O2/c1-22-12-8-6-11(7-9-12)20-17(21)16-14(10-18-20)13-4-2-3-5-15(13)19-16/h2-10,19H,1H3. The molecule has 5 heteroatoms. The molecule has 2 heterocycles. The first-order valence-electron chi connectivity index (χ1n) is 6.91. The molecule has 0 bridgehead atoms. The van der Waals surface area contributed by atoms with Gasteiger partial charge in [-0.25, -0.2) is 0 Å². The highest BCUT2D eigenvalue weighted by atomic mass is 16.5. The minimum absolute atomic E-state index is 0.168. The van der Waals surface area contributed by atoms with Crippen molar-refractivity contribution >= 4 is 21.8 Å². The lowest BCUT2D eigenvalue weighted by atomic mass is 10.2. The zero-order valence-electron chi connectivity index (χ0n) is 11.9. The van der Waals surface area contributed by atoms with E-state index in [9.17, 15) is 4.79 Å². The van der Waals surface area contributed by atoms with Crippen LogP contribution in [0, 0.1) is 0 Å². The maximum Gasteiger partial charge on any atom is 0.295 e. The van der Waals surface area contributed by atoms with E-state index in [4.69, 9.17) is 4.74 Å². The Morgan fingerprint density at radius 2 is 1.82 bits per heavy atom. The van der Waals surface area contributed by atoms with E-state index in [0.717, 1.165) is 22.0 Å². The average Bonchev–Trinajstić information content (AvgIpc) is 2.95.